The molecule has 0 unspecified atom stereocenters. The summed E-state index contributed by atoms with van der Waals surface area (Å²) < 4.78 is 7.33. The molecule has 1 saturated heterocycles. The Morgan fingerprint density at radius 2 is 2.03 bits per heavy atom. The second-order valence-electron chi connectivity index (χ2n) is 8.16. The van der Waals surface area contributed by atoms with Crippen molar-refractivity contribution in [2.45, 2.75) is 19.6 Å². The molecule has 0 spiro atoms. The molecule has 1 amide bonds. The van der Waals surface area contributed by atoms with Crippen LogP contribution in [0.25, 0.3) is 11.3 Å². The minimum Gasteiger partial charge on any atom is -0.465 e. The van der Waals surface area contributed by atoms with Crippen LogP contribution >= 0.6 is 0 Å². The molecule has 8 nitrogen and oxygen atoms in total. The van der Waals surface area contributed by atoms with E-state index < -0.39 is 12.2 Å². The van der Waals surface area contributed by atoms with Gasteiger partial charge in [0.1, 0.15) is 17.6 Å². The van der Waals surface area contributed by atoms with Crippen molar-refractivity contribution in [3.8, 4) is 23.2 Å². The van der Waals surface area contributed by atoms with Gasteiger partial charge in [-0.15, -0.1) is 0 Å². The maximum absolute atomic E-state index is 11.0. The van der Waals surface area contributed by atoms with Crippen molar-refractivity contribution in [3.05, 3.63) is 59.8 Å². The largest absolute Gasteiger partial charge is 0.465 e. The Morgan fingerprint density at radius 1 is 1.29 bits per heavy atom. The fourth-order valence-corrected chi connectivity index (χ4v) is 4.30. The van der Waals surface area contributed by atoms with Crippen molar-refractivity contribution in [3.63, 3.8) is 0 Å². The van der Waals surface area contributed by atoms with E-state index in [0.29, 0.717) is 49.0 Å². The number of piperidine rings is 1. The minimum absolute atomic E-state index is 0.307. The van der Waals surface area contributed by atoms with Crippen LogP contribution in [0.15, 0.2) is 47.2 Å². The predicted octanol–water partition coefficient (Wildman–Crippen LogP) is 2.85. The zero-order valence-electron chi connectivity index (χ0n) is 17.0. The van der Waals surface area contributed by atoms with Gasteiger partial charge in [-0.05, 0) is 43.0 Å². The highest BCUT2D eigenvalue weighted by molar-refractivity contribution is 5.66. The molecule has 8 heteroatoms. The third kappa shape index (κ3) is 3.80. The first-order chi connectivity index (χ1) is 15.0. The van der Waals surface area contributed by atoms with Gasteiger partial charge in [-0.3, -0.25) is 0 Å². The Hall–Kier alpha value is -3.57. The number of benzene rings is 1. The van der Waals surface area contributed by atoms with Crippen LogP contribution in [0, 0.1) is 29.6 Å². The maximum Gasteiger partial charge on any atom is 0.407 e. The average Bonchev–Trinajstić information content (AvgIpc) is 3.24. The van der Waals surface area contributed by atoms with Crippen molar-refractivity contribution in [1.29, 1.82) is 0 Å². The van der Waals surface area contributed by atoms with E-state index in [2.05, 4.69) is 22.0 Å². The van der Waals surface area contributed by atoms with Gasteiger partial charge in [0.05, 0.1) is 6.54 Å². The summed E-state index contributed by atoms with van der Waals surface area (Å²) in [6.07, 6.45) is 1.97. The highest BCUT2D eigenvalue weighted by Gasteiger charge is 2.56. The first kappa shape index (κ1) is 19.4. The van der Waals surface area contributed by atoms with Crippen LogP contribution in [0.2, 0.25) is 0 Å². The summed E-state index contributed by atoms with van der Waals surface area (Å²) in [5, 5.41) is 22.9. The molecule has 0 radical (unpaired) electrons. The quantitative estimate of drug-likeness (QED) is 0.632. The molecule has 2 N–H and O–H groups in total. The summed E-state index contributed by atoms with van der Waals surface area (Å²) >= 11 is 0. The van der Waals surface area contributed by atoms with Gasteiger partial charge in [-0.2, -0.15) is 0 Å². The van der Waals surface area contributed by atoms with Gasteiger partial charge in [0.2, 0.25) is 0 Å². The normalized spacial score (nSPS) is 22.5. The summed E-state index contributed by atoms with van der Waals surface area (Å²) in [5.41, 5.74) is 2.57. The number of carbonyl (C=O) groups is 1. The second kappa shape index (κ2) is 7.60. The van der Waals surface area contributed by atoms with Crippen LogP contribution < -0.4 is 0 Å². The fourth-order valence-electron chi connectivity index (χ4n) is 4.30. The Morgan fingerprint density at radius 3 is 2.71 bits per heavy atom. The third-order valence-electron chi connectivity index (χ3n) is 6.03. The van der Waals surface area contributed by atoms with Gasteiger partial charge >= 0.3 is 6.09 Å². The van der Waals surface area contributed by atoms with E-state index in [1.165, 1.54) is 4.90 Å². The van der Waals surface area contributed by atoms with Gasteiger partial charge < -0.3 is 24.2 Å². The van der Waals surface area contributed by atoms with Crippen molar-refractivity contribution >= 4 is 6.09 Å². The molecule has 4 atom stereocenters. The number of imidazole rings is 1. The highest BCUT2D eigenvalue weighted by Crippen LogP contribution is 2.51. The van der Waals surface area contributed by atoms with Crippen molar-refractivity contribution < 1.29 is 19.5 Å². The number of aliphatic hydroxyl groups is 1. The van der Waals surface area contributed by atoms with Gasteiger partial charge in [-0.1, -0.05) is 17.0 Å². The summed E-state index contributed by atoms with van der Waals surface area (Å²) in [4.78, 5) is 16.6. The number of hydrogen-bond donors (Lipinski definition) is 2. The average molecular weight is 418 g/mol. The first-order valence-corrected chi connectivity index (χ1v) is 10.2. The Kier molecular flexibility index (Phi) is 4.75. The molecule has 1 aliphatic carbocycles. The smallest absolute Gasteiger partial charge is 0.407 e. The van der Waals surface area contributed by atoms with Crippen molar-refractivity contribution in [2.75, 3.05) is 13.1 Å². The first-order valence-electron chi connectivity index (χ1n) is 10.2. The lowest BCUT2D eigenvalue weighted by Crippen LogP contribution is -2.29. The topological polar surface area (TPSA) is 105 Å². The molecule has 1 aliphatic heterocycles. The van der Waals surface area contributed by atoms with E-state index in [1.807, 2.05) is 34.9 Å². The van der Waals surface area contributed by atoms with E-state index in [-0.39, 0.29) is 0 Å². The molecule has 3 heterocycles. The van der Waals surface area contributed by atoms with Gasteiger partial charge in [-0.25, -0.2) is 9.78 Å². The Labute approximate surface area is 179 Å². The summed E-state index contributed by atoms with van der Waals surface area (Å²) in [6, 6.07) is 9.69. The van der Waals surface area contributed by atoms with Crippen LogP contribution in [0.4, 0.5) is 4.79 Å². The summed E-state index contributed by atoms with van der Waals surface area (Å²) in [7, 11) is 0. The van der Waals surface area contributed by atoms with E-state index in [0.717, 1.165) is 16.8 Å². The number of likely N-dealkylation sites (tertiary alicyclic amines) is 1. The van der Waals surface area contributed by atoms with Crippen LogP contribution in [-0.2, 0) is 6.54 Å². The van der Waals surface area contributed by atoms with Crippen molar-refractivity contribution in [1.82, 2.24) is 19.6 Å². The molecule has 2 aliphatic rings. The maximum atomic E-state index is 11.0. The highest BCUT2D eigenvalue weighted by atomic mass is 16.5. The van der Waals surface area contributed by atoms with Crippen LogP contribution in [0.1, 0.15) is 30.1 Å². The van der Waals surface area contributed by atoms with Crippen molar-refractivity contribution in [2.24, 2.45) is 17.8 Å². The number of hydrogen-bond acceptors (Lipinski definition) is 5. The standard InChI is InChI=1S/C23H22N4O4/c1-14(28)22-24-8-9-26(22)11-17-10-21(31-25-17)16-5-2-15(3-6-16)4-7-18-19-12-27(23(29)30)13-20(18)19/h2-3,5-6,8-10,14,18-20,28H,11-13H2,1H3,(H,29,30)/t14-,18-,19-,20+/m0/s1. The number of nitrogens with zero attached hydrogens (tertiary/aromatic N) is 4. The van der Waals surface area contributed by atoms with E-state index in [1.54, 1.807) is 19.3 Å². The van der Waals surface area contributed by atoms with Gasteiger partial charge in [0, 0.05) is 48.6 Å². The Bertz CT molecular complexity index is 1160. The van der Waals surface area contributed by atoms with Crippen LogP contribution in [0.5, 0.6) is 0 Å². The molecule has 1 aromatic carbocycles. The molecule has 2 aromatic heterocycles. The molecule has 3 aromatic rings. The molecule has 31 heavy (non-hydrogen) atoms. The van der Waals surface area contributed by atoms with E-state index >= 15 is 0 Å². The zero-order chi connectivity index (χ0) is 21.5. The number of amides is 1. The number of rotatable bonds is 4. The van der Waals surface area contributed by atoms with Gasteiger partial charge in [0.15, 0.2) is 5.76 Å². The van der Waals surface area contributed by atoms with E-state index in [4.69, 9.17) is 9.63 Å². The van der Waals surface area contributed by atoms with Crippen LogP contribution in [0.3, 0.4) is 0 Å². The van der Waals surface area contributed by atoms with E-state index in [9.17, 15) is 9.90 Å². The molecule has 0 bridgehead atoms. The monoisotopic (exact) mass is 418 g/mol. The lowest BCUT2D eigenvalue weighted by Gasteiger charge is -2.13. The second-order valence-corrected chi connectivity index (χ2v) is 8.16. The molecular formula is C23H22N4O4. The SMILES string of the molecule is C[C@H](O)c1nccn1Cc1cc(-c2ccc(C#C[C@@H]3[C@H]4CN(C(=O)O)C[C@@H]34)cc2)on1. The number of aromatic nitrogens is 3. The van der Waals surface area contributed by atoms with Gasteiger partial charge in [0.25, 0.3) is 0 Å². The lowest BCUT2D eigenvalue weighted by molar-refractivity contribution is 0.149. The number of fused-ring (bicyclic) bond motifs is 1. The number of aliphatic hydroxyl groups excluding tert-OH is 1. The molecular weight excluding hydrogens is 396 g/mol. The fraction of sp³-hybridized carbons (Fsp3) is 0.348. The summed E-state index contributed by atoms with van der Waals surface area (Å²) in [5.74, 6) is 8.85. The minimum atomic E-state index is -0.835. The molecule has 5 rings (SSSR count). The Balaban J connectivity index is 1.22. The predicted molar refractivity (Wildman–Crippen MR) is 111 cm³/mol. The third-order valence-corrected chi connectivity index (χ3v) is 6.03. The molecule has 158 valence electrons. The summed E-state index contributed by atoms with van der Waals surface area (Å²) in [6.45, 7) is 3.35. The molecule has 2 fully saturated rings. The number of carboxylic acid groups (broad SMARTS) is 1. The zero-order valence-corrected chi connectivity index (χ0v) is 17.0. The van der Waals surface area contributed by atoms with Crippen LogP contribution in [-0.4, -0.2) is 49.0 Å². The lowest BCUT2D eigenvalue weighted by atomic mass is 10.1. The molecule has 1 saturated carbocycles.